The molecule has 3 aromatic rings. The van der Waals surface area contributed by atoms with Gasteiger partial charge in [0.2, 0.25) is 0 Å². The van der Waals surface area contributed by atoms with E-state index in [9.17, 15) is 4.79 Å². The lowest BCUT2D eigenvalue weighted by Gasteiger charge is -2.09. The van der Waals surface area contributed by atoms with Crippen molar-refractivity contribution in [3.63, 3.8) is 0 Å². The molecule has 1 aromatic carbocycles. The van der Waals surface area contributed by atoms with Gasteiger partial charge in [-0.15, -0.1) is 0 Å². The molecule has 2 heterocycles. The number of nitrogens with one attached hydrogen (secondary N) is 1. The number of para-hydroxylation sites is 1. The molecule has 0 unspecified atom stereocenters. The quantitative estimate of drug-likeness (QED) is 0.643. The number of carbonyl (C=O) groups excluding carboxylic acids is 1. The van der Waals surface area contributed by atoms with Crippen LogP contribution in [0.4, 0.5) is 0 Å². The van der Waals surface area contributed by atoms with E-state index in [-0.39, 0.29) is 5.91 Å². The molecule has 0 saturated carbocycles. The summed E-state index contributed by atoms with van der Waals surface area (Å²) >= 11 is 0. The SMILES string of the molecule is CCCc1c(C(=O)NCCCn2ccnc2)cnn1-c1ccccc1. The molecule has 6 heteroatoms. The van der Waals surface area contributed by atoms with Crippen molar-refractivity contribution >= 4 is 5.91 Å². The lowest BCUT2D eigenvalue weighted by molar-refractivity contribution is 0.0951. The predicted octanol–water partition coefficient (Wildman–Crippen LogP) is 2.84. The first-order valence-electron chi connectivity index (χ1n) is 8.66. The van der Waals surface area contributed by atoms with Gasteiger partial charge in [-0.2, -0.15) is 5.10 Å². The third kappa shape index (κ3) is 4.15. The Morgan fingerprint density at radius 1 is 1.24 bits per heavy atom. The molecule has 0 radical (unpaired) electrons. The number of nitrogens with zero attached hydrogens (tertiary/aromatic N) is 4. The summed E-state index contributed by atoms with van der Waals surface area (Å²) in [6.07, 6.45) is 9.76. The van der Waals surface area contributed by atoms with E-state index < -0.39 is 0 Å². The highest BCUT2D eigenvalue weighted by molar-refractivity contribution is 5.95. The summed E-state index contributed by atoms with van der Waals surface area (Å²) in [5, 5.41) is 7.44. The van der Waals surface area contributed by atoms with Gasteiger partial charge < -0.3 is 9.88 Å². The summed E-state index contributed by atoms with van der Waals surface area (Å²) in [5.41, 5.74) is 2.60. The molecule has 3 rings (SSSR count). The summed E-state index contributed by atoms with van der Waals surface area (Å²) in [4.78, 5) is 16.6. The van der Waals surface area contributed by atoms with Gasteiger partial charge in [0.15, 0.2) is 0 Å². The van der Waals surface area contributed by atoms with Crippen molar-refractivity contribution in [1.29, 1.82) is 0 Å². The van der Waals surface area contributed by atoms with E-state index in [0.717, 1.165) is 37.2 Å². The highest BCUT2D eigenvalue weighted by Crippen LogP contribution is 2.16. The maximum atomic E-state index is 12.6. The number of hydrogen-bond donors (Lipinski definition) is 1. The summed E-state index contributed by atoms with van der Waals surface area (Å²) in [6.45, 7) is 3.57. The molecular weight excluding hydrogens is 314 g/mol. The highest BCUT2D eigenvalue weighted by atomic mass is 16.1. The molecule has 0 aliphatic heterocycles. The van der Waals surface area contributed by atoms with E-state index >= 15 is 0 Å². The van der Waals surface area contributed by atoms with Gasteiger partial charge in [0.25, 0.3) is 5.91 Å². The van der Waals surface area contributed by atoms with E-state index in [4.69, 9.17) is 0 Å². The minimum absolute atomic E-state index is 0.0590. The van der Waals surface area contributed by atoms with Crippen LogP contribution in [0.1, 0.15) is 35.8 Å². The number of aromatic nitrogens is 4. The predicted molar refractivity (Wildman–Crippen MR) is 96.7 cm³/mol. The second kappa shape index (κ2) is 8.28. The zero-order valence-corrected chi connectivity index (χ0v) is 14.4. The minimum Gasteiger partial charge on any atom is -0.352 e. The van der Waals surface area contributed by atoms with Crippen molar-refractivity contribution in [2.75, 3.05) is 6.54 Å². The highest BCUT2D eigenvalue weighted by Gasteiger charge is 2.17. The van der Waals surface area contributed by atoms with Crippen LogP contribution in [0.3, 0.4) is 0 Å². The fourth-order valence-corrected chi connectivity index (χ4v) is 2.81. The van der Waals surface area contributed by atoms with Crippen molar-refractivity contribution in [3.8, 4) is 5.69 Å². The van der Waals surface area contributed by atoms with Gasteiger partial charge in [-0.25, -0.2) is 9.67 Å². The van der Waals surface area contributed by atoms with Crippen LogP contribution in [0.2, 0.25) is 0 Å². The smallest absolute Gasteiger partial charge is 0.254 e. The Labute approximate surface area is 147 Å². The van der Waals surface area contributed by atoms with Crippen molar-refractivity contribution in [2.45, 2.75) is 32.7 Å². The third-order valence-corrected chi connectivity index (χ3v) is 4.04. The van der Waals surface area contributed by atoms with Gasteiger partial charge in [0.1, 0.15) is 0 Å². The Kier molecular flexibility index (Phi) is 5.61. The monoisotopic (exact) mass is 337 g/mol. The summed E-state index contributed by atoms with van der Waals surface area (Å²) in [5.74, 6) is -0.0590. The number of carbonyl (C=O) groups is 1. The Balaban J connectivity index is 1.66. The molecule has 0 saturated heterocycles. The van der Waals surface area contributed by atoms with Crippen LogP contribution in [0, 0.1) is 0 Å². The summed E-state index contributed by atoms with van der Waals surface area (Å²) in [7, 11) is 0. The van der Waals surface area contributed by atoms with E-state index in [2.05, 4.69) is 22.3 Å². The lowest BCUT2D eigenvalue weighted by atomic mass is 10.1. The molecule has 0 spiro atoms. The number of imidazole rings is 1. The van der Waals surface area contributed by atoms with Crippen molar-refractivity contribution in [3.05, 3.63) is 66.5 Å². The van der Waals surface area contributed by atoms with E-state index in [0.29, 0.717) is 12.1 Å². The number of rotatable bonds is 8. The van der Waals surface area contributed by atoms with Gasteiger partial charge in [0.05, 0.1) is 29.5 Å². The largest absolute Gasteiger partial charge is 0.352 e. The summed E-state index contributed by atoms with van der Waals surface area (Å²) in [6, 6.07) is 9.92. The third-order valence-electron chi connectivity index (χ3n) is 4.04. The molecule has 130 valence electrons. The molecule has 1 N–H and O–H groups in total. The standard InChI is InChI=1S/C19H23N5O/c1-2-7-18-17(14-22-24(18)16-8-4-3-5-9-16)19(25)21-10-6-12-23-13-11-20-15-23/h3-5,8-9,11,13-15H,2,6-7,10,12H2,1H3,(H,21,25). The van der Waals surface area contributed by atoms with E-state index in [1.165, 1.54) is 0 Å². The molecule has 0 aliphatic carbocycles. The van der Waals surface area contributed by atoms with Crippen molar-refractivity contribution in [2.24, 2.45) is 0 Å². The number of aryl methyl sites for hydroxylation is 1. The minimum atomic E-state index is -0.0590. The van der Waals surface area contributed by atoms with Crippen LogP contribution in [-0.2, 0) is 13.0 Å². The Bertz CT molecular complexity index is 793. The average Bonchev–Trinajstić information content (AvgIpc) is 3.29. The molecule has 0 atom stereocenters. The van der Waals surface area contributed by atoms with Gasteiger partial charge in [-0.1, -0.05) is 31.5 Å². The van der Waals surface area contributed by atoms with Crippen molar-refractivity contribution in [1.82, 2.24) is 24.6 Å². The zero-order valence-electron chi connectivity index (χ0n) is 14.4. The molecule has 0 fully saturated rings. The van der Waals surface area contributed by atoms with Crippen LogP contribution in [-0.4, -0.2) is 31.8 Å². The molecule has 25 heavy (non-hydrogen) atoms. The molecule has 6 nitrogen and oxygen atoms in total. The molecule has 2 aromatic heterocycles. The normalized spacial score (nSPS) is 10.8. The Hall–Kier alpha value is -2.89. The van der Waals surface area contributed by atoms with E-state index in [1.54, 1.807) is 18.7 Å². The molecular formula is C19H23N5O. The topological polar surface area (TPSA) is 64.7 Å². The van der Waals surface area contributed by atoms with Crippen molar-refractivity contribution < 1.29 is 4.79 Å². The second-order valence-corrected chi connectivity index (χ2v) is 5.91. The molecule has 0 bridgehead atoms. The first kappa shape index (κ1) is 17.0. The fourth-order valence-electron chi connectivity index (χ4n) is 2.81. The van der Waals surface area contributed by atoms with E-state index in [1.807, 2.05) is 45.8 Å². The maximum absolute atomic E-state index is 12.6. The average molecular weight is 337 g/mol. The zero-order chi connectivity index (χ0) is 17.5. The van der Waals surface area contributed by atoms with Crippen LogP contribution in [0.5, 0.6) is 0 Å². The maximum Gasteiger partial charge on any atom is 0.254 e. The van der Waals surface area contributed by atoms with Gasteiger partial charge in [-0.3, -0.25) is 4.79 Å². The van der Waals surface area contributed by atoms with Gasteiger partial charge in [0, 0.05) is 25.5 Å². The Morgan fingerprint density at radius 3 is 2.80 bits per heavy atom. The molecule has 1 amide bonds. The van der Waals surface area contributed by atoms with Crippen LogP contribution in [0.15, 0.2) is 55.2 Å². The fraction of sp³-hybridized carbons (Fsp3) is 0.316. The number of benzene rings is 1. The number of hydrogen-bond acceptors (Lipinski definition) is 3. The van der Waals surface area contributed by atoms with Crippen LogP contribution < -0.4 is 5.32 Å². The summed E-state index contributed by atoms with van der Waals surface area (Å²) < 4.78 is 3.87. The first-order valence-corrected chi connectivity index (χ1v) is 8.66. The number of amides is 1. The first-order chi connectivity index (χ1) is 12.3. The Morgan fingerprint density at radius 2 is 2.08 bits per heavy atom. The lowest BCUT2D eigenvalue weighted by Crippen LogP contribution is -2.26. The van der Waals surface area contributed by atoms with Crippen LogP contribution in [0.25, 0.3) is 5.69 Å². The van der Waals surface area contributed by atoms with Gasteiger partial charge in [-0.05, 0) is 25.0 Å². The molecule has 0 aliphatic rings. The van der Waals surface area contributed by atoms with Crippen LogP contribution >= 0.6 is 0 Å². The second-order valence-electron chi connectivity index (χ2n) is 5.91. The van der Waals surface area contributed by atoms with Gasteiger partial charge >= 0.3 is 0 Å².